The van der Waals surface area contributed by atoms with Gasteiger partial charge < -0.3 is 10.9 Å². The van der Waals surface area contributed by atoms with Crippen LogP contribution in [-0.2, 0) is 12.8 Å². The van der Waals surface area contributed by atoms with Crippen LogP contribution in [0.3, 0.4) is 0 Å². The van der Waals surface area contributed by atoms with Gasteiger partial charge >= 0.3 is 0 Å². The van der Waals surface area contributed by atoms with Crippen molar-refractivity contribution < 1.29 is 9.65 Å². The fourth-order valence-corrected chi connectivity index (χ4v) is 2.65. The molecule has 2 aromatic heterocycles. The Labute approximate surface area is 150 Å². The molecule has 0 spiro atoms. The lowest BCUT2D eigenvalue weighted by molar-refractivity contribution is -0.626. The Morgan fingerprint density at radius 2 is 1.87 bits per heavy atom. The van der Waals surface area contributed by atoms with Gasteiger partial charge in [-0.2, -0.15) is 4.73 Å². The molecule has 0 aliphatic rings. The van der Waals surface area contributed by atoms with Crippen molar-refractivity contribution in [2.24, 2.45) is 0 Å². The molecular formula is C14H16Br2N4O3. The highest BCUT2D eigenvalue weighted by molar-refractivity contribution is 9.10. The molecule has 0 aromatic carbocycles. The van der Waals surface area contributed by atoms with Crippen LogP contribution in [0.5, 0.6) is 0 Å². The largest absolute Gasteiger partial charge is 0.618 e. The van der Waals surface area contributed by atoms with Crippen LogP contribution in [-0.4, -0.2) is 9.91 Å². The van der Waals surface area contributed by atoms with E-state index >= 15 is 0 Å². The number of aromatic nitrogens is 2. The molecule has 0 radical (unpaired) electrons. The van der Waals surface area contributed by atoms with Gasteiger partial charge in [0.15, 0.2) is 5.69 Å². The van der Waals surface area contributed by atoms with Crippen LogP contribution in [0.4, 0.5) is 11.4 Å². The maximum atomic E-state index is 11.2. The van der Waals surface area contributed by atoms with Crippen LogP contribution in [0.1, 0.15) is 25.2 Å². The smallest absolute Gasteiger partial charge is 0.283 e. The summed E-state index contributed by atoms with van der Waals surface area (Å²) in [5.74, 6) is 0. The average molecular weight is 448 g/mol. The molecule has 0 unspecified atom stereocenters. The quantitative estimate of drug-likeness (QED) is 0.254. The summed E-state index contributed by atoms with van der Waals surface area (Å²) in [5, 5.41) is 21.6. The summed E-state index contributed by atoms with van der Waals surface area (Å²) < 4.78 is 1.61. The van der Waals surface area contributed by atoms with Crippen molar-refractivity contribution in [1.82, 2.24) is 4.98 Å². The second-order valence-corrected chi connectivity index (χ2v) is 6.13. The maximum Gasteiger partial charge on any atom is 0.283 e. The molecule has 9 heteroatoms. The van der Waals surface area contributed by atoms with Gasteiger partial charge in [0.2, 0.25) is 0 Å². The van der Waals surface area contributed by atoms with E-state index in [-0.39, 0.29) is 10.3 Å². The number of nitrogens with zero attached hydrogens (tertiary/aromatic N) is 3. The van der Waals surface area contributed by atoms with E-state index in [1.807, 2.05) is 13.0 Å². The summed E-state index contributed by atoms with van der Waals surface area (Å²) in [6.45, 7) is 3.81. The zero-order chi connectivity index (χ0) is 17.6. The van der Waals surface area contributed by atoms with Gasteiger partial charge in [-0.15, -0.1) is 0 Å². The number of rotatable bonds is 3. The monoisotopic (exact) mass is 446 g/mol. The van der Waals surface area contributed by atoms with E-state index in [4.69, 9.17) is 5.73 Å². The van der Waals surface area contributed by atoms with Crippen molar-refractivity contribution in [3.8, 4) is 0 Å². The van der Waals surface area contributed by atoms with Crippen LogP contribution in [0, 0.1) is 15.3 Å². The van der Waals surface area contributed by atoms with Crippen LogP contribution in [0.25, 0.3) is 0 Å². The summed E-state index contributed by atoms with van der Waals surface area (Å²) in [4.78, 5) is 14.1. The Kier molecular flexibility index (Phi) is 7.37. The molecule has 124 valence electrons. The minimum Gasteiger partial charge on any atom is -0.618 e. The Morgan fingerprint density at radius 1 is 1.22 bits per heavy atom. The SMILES string of the molecule is CCc1cc(N)cc(Br)n1.CCc1cc([N+](=O)[O-])cc(Br)[n+]1[O-]. The van der Waals surface area contributed by atoms with Crippen LogP contribution < -0.4 is 10.5 Å². The lowest BCUT2D eigenvalue weighted by atomic mass is 10.3. The summed E-state index contributed by atoms with van der Waals surface area (Å²) in [5.41, 5.74) is 7.65. The molecule has 0 aliphatic carbocycles. The Balaban J connectivity index is 0.000000238. The summed E-state index contributed by atoms with van der Waals surface area (Å²) in [6.07, 6.45) is 1.38. The van der Waals surface area contributed by atoms with E-state index in [9.17, 15) is 15.3 Å². The average Bonchev–Trinajstić information content (AvgIpc) is 2.49. The molecular weight excluding hydrogens is 432 g/mol. The van der Waals surface area contributed by atoms with Crippen molar-refractivity contribution in [3.63, 3.8) is 0 Å². The van der Waals surface area contributed by atoms with Gasteiger partial charge in [-0.3, -0.25) is 10.1 Å². The molecule has 0 bridgehead atoms. The first-order valence-electron chi connectivity index (χ1n) is 6.76. The lowest BCUT2D eigenvalue weighted by Gasteiger charge is -2.03. The zero-order valence-electron chi connectivity index (χ0n) is 12.6. The third-order valence-electron chi connectivity index (χ3n) is 2.84. The Bertz CT molecular complexity index is 690. The summed E-state index contributed by atoms with van der Waals surface area (Å²) >= 11 is 6.21. The van der Waals surface area contributed by atoms with Gasteiger partial charge in [0.05, 0.1) is 17.1 Å². The fourth-order valence-electron chi connectivity index (χ4n) is 1.69. The first-order valence-corrected chi connectivity index (χ1v) is 8.35. The third kappa shape index (κ3) is 5.76. The number of hydrogen-bond donors (Lipinski definition) is 1. The van der Waals surface area contributed by atoms with Gasteiger partial charge in [-0.25, -0.2) is 4.98 Å². The van der Waals surface area contributed by atoms with Crippen LogP contribution >= 0.6 is 31.9 Å². The molecule has 0 amide bonds. The zero-order valence-corrected chi connectivity index (χ0v) is 15.8. The number of halogens is 2. The molecule has 0 aliphatic heterocycles. The summed E-state index contributed by atoms with van der Waals surface area (Å²) in [6, 6.07) is 6.13. The number of nitrogens with two attached hydrogens (primary N) is 1. The number of aryl methyl sites for hydroxylation is 2. The third-order valence-corrected chi connectivity index (χ3v) is 3.80. The summed E-state index contributed by atoms with van der Waals surface area (Å²) in [7, 11) is 0. The first-order chi connectivity index (χ1) is 10.8. The molecule has 23 heavy (non-hydrogen) atoms. The van der Waals surface area contributed by atoms with Crippen molar-refractivity contribution in [2.45, 2.75) is 26.7 Å². The molecule has 2 aromatic rings. The van der Waals surface area contributed by atoms with Crippen LogP contribution in [0.15, 0.2) is 33.5 Å². The second kappa shape index (κ2) is 8.78. The van der Waals surface area contributed by atoms with Gasteiger partial charge in [0.1, 0.15) is 4.60 Å². The van der Waals surface area contributed by atoms with Crippen molar-refractivity contribution in [1.29, 1.82) is 0 Å². The molecule has 2 rings (SSSR count). The van der Waals surface area contributed by atoms with E-state index in [1.54, 1.807) is 13.0 Å². The highest BCUT2D eigenvalue weighted by atomic mass is 79.9. The van der Waals surface area contributed by atoms with E-state index < -0.39 is 4.92 Å². The van der Waals surface area contributed by atoms with Gasteiger partial charge in [-0.1, -0.05) is 13.8 Å². The molecule has 7 nitrogen and oxygen atoms in total. The topological polar surface area (TPSA) is 109 Å². The second-order valence-electron chi connectivity index (χ2n) is 4.50. The fraction of sp³-hybridized carbons (Fsp3) is 0.286. The highest BCUT2D eigenvalue weighted by Gasteiger charge is 2.16. The Hall–Kier alpha value is -1.74. The van der Waals surface area contributed by atoms with E-state index in [0.29, 0.717) is 16.8 Å². The minimum absolute atomic E-state index is 0.0733. The van der Waals surface area contributed by atoms with E-state index in [2.05, 4.69) is 36.8 Å². The minimum atomic E-state index is -0.524. The molecule has 0 saturated carbocycles. The number of pyridine rings is 2. The van der Waals surface area contributed by atoms with Crippen molar-refractivity contribution >= 4 is 43.2 Å². The first kappa shape index (κ1) is 19.3. The van der Waals surface area contributed by atoms with Gasteiger partial charge in [0, 0.05) is 33.7 Å². The number of nitro groups is 1. The number of nitrogen functional groups attached to an aromatic ring is 1. The maximum absolute atomic E-state index is 11.2. The molecule has 0 fully saturated rings. The molecule has 2 N–H and O–H groups in total. The predicted octanol–water partition coefficient (Wildman–Crippen LogP) is 3.54. The highest BCUT2D eigenvalue weighted by Crippen LogP contribution is 2.16. The number of anilines is 1. The van der Waals surface area contributed by atoms with Gasteiger partial charge in [-0.05, 0) is 34.5 Å². The predicted molar refractivity (Wildman–Crippen MR) is 94.9 cm³/mol. The lowest BCUT2D eigenvalue weighted by Crippen LogP contribution is -2.33. The standard InChI is InChI=1S/C7H7BrN2O3.C7H9BrN2/c1-2-5-3-6(10(12)13)4-7(8)9(5)11;1-2-6-3-5(9)4-7(8)10-6/h3-4H,2H2,1H3;3-4H,2H2,1H3,(H2,9,10). The van der Waals surface area contributed by atoms with Crippen LogP contribution in [0.2, 0.25) is 0 Å². The van der Waals surface area contributed by atoms with E-state index in [0.717, 1.165) is 22.4 Å². The van der Waals surface area contributed by atoms with Gasteiger partial charge in [0.25, 0.3) is 10.3 Å². The molecule has 2 heterocycles. The van der Waals surface area contributed by atoms with Crippen molar-refractivity contribution in [3.05, 3.63) is 60.2 Å². The molecule has 0 saturated heterocycles. The molecule has 0 atom stereocenters. The Morgan fingerprint density at radius 3 is 2.35 bits per heavy atom. The normalized spacial score (nSPS) is 9.91. The van der Waals surface area contributed by atoms with Crippen molar-refractivity contribution in [2.75, 3.05) is 5.73 Å². The number of hydrogen-bond acceptors (Lipinski definition) is 5. The van der Waals surface area contributed by atoms with E-state index in [1.165, 1.54) is 12.1 Å².